The third kappa shape index (κ3) is 17.7. The second kappa shape index (κ2) is 35.7. The van der Waals surface area contributed by atoms with Crippen LogP contribution in [0.4, 0.5) is 8.78 Å². The fourth-order valence-electron chi connectivity index (χ4n) is 18.1. The maximum atomic E-state index is 13.4. The van der Waals surface area contributed by atoms with E-state index in [2.05, 4.69) is 172 Å². The molecule has 4 aliphatic heterocycles. The van der Waals surface area contributed by atoms with E-state index in [1.807, 2.05) is 138 Å². The van der Waals surface area contributed by atoms with E-state index in [9.17, 15) is 33.2 Å². The molecule has 0 saturated carbocycles. The average Bonchev–Trinajstić information content (AvgIpc) is 1.66. The van der Waals surface area contributed by atoms with Gasteiger partial charge in [-0.3, -0.25) is 58.3 Å². The van der Waals surface area contributed by atoms with Gasteiger partial charge in [0.25, 0.3) is 17.7 Å². The second-order valence-electron chi connectivity index (χ2n) is 32.7. The zero-order chi connectivity index (χ0) is 83.9. The Bertz CT molecular complexity index is 6370. The largest absolute Gasteiger partial charge is 0.340 e. The van der Waals surface area contributed by atoms with Crippen molar-refractivity contribution in [1.29, 1.82) is 5.26 Å². The molecule has 20 rings (SSSR count). The minimum absolute atomic E-state index is 0.0416. The van der Waals surface area contributed by atoms with Gasteiger partial charge in [0.2, 0.25) is 5.91 Å². The van der Waals surface area contributed by atoms with Gasteiger partial charge in [-0.1, -0.05) is 66.7 Å². The van der Waals surface area contributed by atoms with E-state index in [1.165, 1.54) is 24.3 Å². The van der Waals surface area contributed by atoms with E-state index >= 15 is 0 Å². The zero-order valence-corrected chi connectivity index (χ0v) is 68.2. The van der Waals surface area contributed by atoms with Crippen LogP contribution in [0.5, 0.6) is 0 Å². The zero-order valence-electron chi connectivity index (χ0n) is 68.2. The molecule has 8 unspecified atom stereocenters. The summed E-state index contributed by atoms with van der Waals surface area (Å²) in [5, 5.41) is 59.6. The number of likely N-dealkylation sites (tertiary alicyclic amines) is 4. The lowest BCUT2D eigenvalue weighted by Crippen LogP contribution is -2.34. The summed E-state index contributed by atoms with van der Waals surface area (Å²) in [6, 6.07) is 56.9. The van der Waals surface area contributed by atoms with Crippen LogP contribution in [0, 0.1) is 46.6 Å². The van der Waals surface area contributed by atoms with Crippen molar-refractivity contribution < 1.29 is 28.0 Å². The predicted octanol–water partition coefficient (Wildman–Crippen LogP) is 16.4. The minimum atomic E-state index is -0.333. The number of carbonyl (C=O) groups excluding carboxylic acids is 4. The number of nitrogens with one attached hydrogen (secondary N) is 4. The lowest BCUT2D eigenvalue weighted by molar-refractivity contribution is -0.131. The number of aryl methyl sites for hydroxylation is 1. The molecule has 4 amide bonds. The summed E-state index contributed by atoms with van der Waals surface area (Å²) in [6.07, 6.45) is 27.1. The molecule has 8 aromatic carbocycles. The van der Waals surface area contributed by atoms with Crippen molar-refractivity contribution >= 4 is 67.2 Å². The highest BCUT2D eigenvalue weighted by molar-refractivity contribution is 5.98. The highest BCUT2D eigenvalue weighted by Crippen LogP contribution is 2.36. The number of rotatable bonds is 18. The molecule has 0 spiro atoms. The Morgan fingerprint density at radius 1 is 0.377 bits per heavy atom. The van der Waals surface area contributed by atoms with Gasteiger partial charge in [-0.25, -0.2) is 8.78 Å². The van der Waals surface area contributed by atoms with Gasteiger partial charge in [0, 0.05) is 163 Å². The van der Waals surface area contributed by atoms with Crippen LogP contribution < -0.4 is 0 Å². The Balaban J connectivity index is 0.000000116. The van der Waals surface area contributed by atoms with Gasteiger partial charge in [0.15, 0.2) is 0 Å². The van der Waals surface area contributed by atoms with E-state index in [1.54, 1.807) is 48.7 Å². The molecule has 0 radical (unpaired) electrons. The summed E-state index contributed by atoms with van der Waals surface area (Å²) in [4.78, 5) is 59.4. The number of fused-ring (bicyclic) bond motifs is 4. The Morgan fingerprint density at radius 2 is 0.738 bits per heavy atom. The molecule has 0 bridgehead atoms. The smallest absolute Gasteiger partial charge is 0.255 e. The number of aromatic nitrogens is 16. The first kappa shape index (κ1) is 80.1. The van der Waals surface area contributed by atoms with Gasteiger partial charge in [0.1, 0.15) is 11.6 Å². The van der Waals surface area contributed by atoms with Crippen molar-refractivity contribution in [2.24, 2.45) is 23.7 Å². The number of benzene rings is 8. The highest BCUT2D eigenvalue weighted by atomic mass is 19.1. The molecule has 16 aromatic rings. The summed E-state index contributed by atoms with van der Waals surface area (Å²) >= 11 is 0. The number of hydrogen-bond donors (Lipinski definition) is 4. The first-order valence-corrected chi connectivity index (χ1v) is 41.5. The quantitative estimate of drug-likeness (QED) is 0.0622. The first-order chi connectivity index (χ1) is 59.5. The molecular formula is C95H93F2N21O4. The maximum Gasteiger partial charge on any atom is 0.255 e. The number of amides is 4. The normalized spacial score (nSPS) is 18.7. The number of H-pyrrole nitrogens is 4. The van der Waals surface area contributed by atoms with Crippen LogP contribution in [0.3, 0.4) is 0 Å². The number of nitrogens with zero attached hydrogens (tertiary/aromatic N) is 17. The number of hydrogen-bond acceptors (Lipinski definition) is 13. The van der Waals surface area contributed by atoms with E-state index in [-0.39, 0.29) is 59.4 Å². The highest BCUT2D eigenvalue weighted by Gasteiger charge is 2.38. The van der Waals surface area contributed by atoms with E-state index in [4.69, 9.17) is 0 Å². The van der Waals surface area contributed by atoms with Crippen LogP contribution in [0.25, 0.3) is 88.1 Å². The molecule has 4 fully saturated rings. The van der Waals surface area contributed by atoms with Crippen LogP contribution in [-0.2, 0) is 37.4 Å². The van der Waals surface area contributed by atoms with Gasteiger partial charge in [-0.05, 0) is 220 Å². The van der Waals surface area contributed by atoms with Crippen LogP contribution in [0.2, 0.25) is 0 Å². The third-order valence-electron chi connectivity index (χ3n) is 24.3. The first-order valence-electron chi connectivity index (χ1n) is 41.5. The van der Waals surface area contributed by atoms with Gasteiger partial charge in [-0.15, -0.1) is 0 Å². The summed E-state index contributed by atoms with van der Waals surface area (Å²) in [7, 11) is 0. The Labute approximate surface area is 703 Å². The molecule has 8 aromatic heterocycles. The topological polar surface area (TPSA) is 291 Å². The molecule has 4 N–H and O–H groups in total. The minimum Gasteiger partial charge on any atom is -0.340 e. The maximum absolute atomic E-state index is 13.4. The molecule has 616 valence electrons. The lowest BCUT2D eigenvalue weighted by Gasteiger charge is -2.22. The Hall–Kier alpha value is -14.3. The SMILES string of the molecule is CC1CC(Cn2ncc3cc(-c4cn[nH]c4)ccc32)CN1C(=O)CCc1cccc(F)c1.CC1CC(Cn2ncc3cc(-c4cn[nH]c4)ccc32)CN1C(=O)c1ccc(F)cc1.CC1CC(Cn2ncc3cc(-c4cn[nH]c4)ccc32)CN1C(=O)c1ccccc1.CC1CC(Cn2ncc3cc(-c4cn[nH]c4)ccc32)CN1C(=O)c1ccccc1C#N. The molecule has 4 saturated heterocycles. The van der Waals surface area contributed by atoms with E-state index in [0.717, 1.165) is 164 Å². The van der Waals surface area contributed by atoms with Crippen LogP contribution in [0.1, 0.15) is 102 Å². The molecule has 4 aliphatic rings. The van der Waals surface area contributed by atoms with Crippen LogP contribution >= 0.6 is 0 Å². The van der Waals surface area contributed by atoms with Gasteiger partial charge < -0.3 is 19.6 Å². The lowest BCUT2D eigenvalue weighted by atomic mass is 10.1. The fourth-order valence-corrected chi connectivity index (χ4v) is 18.1. The molecule has 27 heteroatoms. The van der Waals surface area contributed by atoms with Crippen LogP contribution in [0.15, 0.2) is 250 Å². The number of carbonyl (C=O) groups is 4. The van der Waals surface area contributed by atoms with Gasteiger partial charge >= 0.3 is 0 Å². The van der Waals surface area contributed by atoms with E-state index < -0.39 is 0 Å². The fraction of sp³-hybridized carbons (Fsp3) is 0.274. The van der Waals surface area contributed by atoms with Crippen molar-refractivity contribution in [2.75, 3.05) is 26.2 Å². The molecule has 122 heavy (non-hydrogen) atoms. The molecule has 0 aliphatic carbocycles. The standard InChI is InChI=1S/C25H26FN5O.C24H22N6O.C23H22FN5O.C23H23N5O/c1-17-9-19(15-30(17)25(32)8-5-18-3-2-4-23(26)10-18)16-31-24-7-6-20(11-21(24)14-29-31)22-12-27-28-13-22;1-16-8-17(14-29(16)24(31)22-5-3-2-4-19(22)10-25)15-30-23-7-6-18(9-20(23)13-28-30)21-11-26-27-12-21;1-15-8-16(13-28(15)23(30)17-2-5-21(24)6-3-17)14-29-22-7-4-18(9-19(22)12-27-29)20-10-25-26-11-20;1-16-9-17(14-27(16)23(29)18-5-3-2-4-6-18)15-28-22-8-7-19(10-20(22)13-26-28)21-11-24-25-12-21/h2-4,6-7,10-14,17,19H,5,8-9,15-16H2,1H3,(H,27,28);2-7,9,11-13,16-17H,8,14-15H2,1H3,(H,26,27);2-7,9-12,15-16H,8,13-14H2,1H3,(H,25,26);2-8,10-13,16-17H,9,14-15H2,1H3,(H,24,25). The van der Waals surface area contributed by atoms with Crippen molar-refractivity contribution in [3.63, 3.8) is 0 Å². The Morgan fingerprint density at radius 3 is 1.11 bits per heavy atom. The number of aromatic amines is 4. The molecule has 8 atom stereocenters. The van der Waals surface area contributed by atoms with Crippen molar-refractivity contribution in [3.8, 4) is 50.6 Å². The van der Waals surface area contributed by atoms with Gasteiger partial charge in [0.05, 0.1) is 88.8 Å². The summed E-state index contributed by atoms with van der Waals surface area (Å²) in [6.45, 7) is 14.3. The second-order valence-corrected chi connectivity index (χ2v) is 32.7. The van der Waals surface area contributed by atoms with Crippen molar-refractivity contribution in [2.45, 2.75) is 117 Å². The summed E-state index contributed by atoms with van der Waals surface area (Å²) in [5.74, 6) is 0.950. The van der Waals surface area contributed by atoms with Gasteiger partial charge in [-0.2, -0.15) is 46.1 Å². The summed E-state index contributed by atoms with van der Waals surface area (Å²) < 4.78 is 34.7. The number of halogens is 2. The van der Waals surface area contributed by atoms with Crippen molar-refractivity contribution in [1.82, 2.24) is 99.5 Å². The molecular weight excluding hydrogens is 1540 g/mol. The van der Waals surface area contributed by atoms with Crippen molar-refractivity contribution in [3.05, 3.63) is 290 Å². The third-order valence-corrected chi connectivity index (χ3v) is 24.3. The van der Waals surface area contributed by atoms with Crippen LogP contribution in [-0.4, -0.2) is 173 Å². The average molecular weight is 1630 g/mol. The monoisotopic (exact) mass is 1630 g/mol. The van der Waals surface area contributed by atoms with E-state index in [0.29, 0.717) is 66.3 Å². The Kier molecular flexibility index (Phi) is 23.5. The molecule has 25 nitrogen and oxygen atoms in total. The molecule has 12 heterocycles. The summed E-state index contributed by atoms with van der Waals surface area (Å²) in [5.41, 5.74) is 16.1. The predicted molar refractivity (Wildman–Crippen MR) is 463 cm³/mol. The number of nitriles is 1.